The van der Waals surface area contributed by atoms with Gasteiger partial charge in [-0.15, -0.1) is 0 Å². The SMILES string of the molecule is CC(=O)NC1CCCC[C@@H]1N1C(=O)c2ccccc2[C@@H](C(=O)NOCc2ccccn2)[C@@H]1c1ccc(Cl)cc1Cl. The Labute approximate surface area is 243 Å². The summed E-state index contributed by atoms with van der Waals surface area (Å²) in [5, 5.41) is 3.83. The molecule has 3 amide bonds. The molecule has 3 aromatic rings. The summed E-state index contributed by atoms with van der Waals surface area (Å²) in [4.78, 5) is 51.9. The van der Waals surface area contributed by atoms with Crippen LogP contribution in [-0.2, 0) is 21.0 Å². The number of halogens is 2. The predicted molar refractivity (Wildman–Crippen MR) is 152 cm³/mol. The highest BCUT2D eigenvalue weighted by Gasteiger charge is 2.49. The van der Waals surface area contributed by atoms with Gasteiger partial charge in [-0.1, -0.05) is 66.4 Å². The molecule has 1 aliphatic heterocycles. The van der Waals surface area contributed by atoms with Crippen molar-refractivity contribution in [2.24, 2.45) is 0 Å². The summed E-state index contributed by atoms with van der Waals surface area (Å²) in [6.07, 6.45) is 4.86. The Kier molecular flexibility index (Phi) is 8.69. The molecule has 2 aliphatic rings. The van der Waals surface area contributed by atoms with Gasteiger partial charge in [-0.3, -0.25) is 24.2 Å². The number of fused-ring (bicyclic) bond motifs is 1. The number of hydrogen-bond acceptors (Lipinski definition) is 5. The minimum Gasteiger partial charge on any atom is -0.352 e. The number of amides is 3. The first-order chi connectivity index (χ1) is 19.3. The molecule has 1 saturated carbocycles. The number of nitrogens with one attached hydrogen (secondary N) is 2. The van der Waals surface area contributed by atoms with Crippen molar-refractivity contribution in [1.29, 1.82) is 0 Å². The highest BCUT2D eigenvalue weighted by molar-refractivity contribution is 6.35. The number of pyridine rings is 1. The van der Waals surface area contributed by atoms with Crippen molar-refractivity contribution >= 4 is 40.9 Å². The number of hydroxylamine groups is 1. The van der Waals surface area contributed by atoms with Gasteiger partial charge in [0.15, 0.2) is 0 Å². The molecule has 10 heteroatoms. The second-order valence-electron chi connectivity index (χ2n) is 10.1. The molecule has 208 valence electrons. The fourth-order valence-corrected chi connectivity index (χ4v) is 6.39. The molecular formula is C30H30Cl2N4O4. The Hall–Kier alpha value is -3.46. The van der Waals surface area contributed by atoms with E-state index in [1.807, 2.05) is 6.07 Å². The van der Waals surface area contributed by atoms with Crippen LogP contribution in [0.5, 0.6) is 0 Å². The van der Waals surface area contributed by atoms with Crippen molar-refractivity contribution < 1.29 is 19.2 Å². The Morgan fingerprint density at radius 1 is 1.02 bits per heavy atom. The number of benzene rings is 2. The normalized spacial score (nSPS) is 22.4. The molecule has 40 heavy (non-hydrogen) atoms. The van der Waals surface area contributed by atoms with Crippen molar-refractivity contribution in [2.45, 2.75) is 63.3 Å². The molecule has 5 rings (SSSR count). The van der Waals surface area contributed by atoms with Crippen LogP contribution in [-0.4, -0.2) is 39.7 Å². The van der Waals surface area contributed by atoms with Gasteiger partial charge in [0.1, 0.15) is 6.61 Å². The topological polar surface area (TPSA) is 101 Å². The van der Waals surface area contributed by atoms with E-state index in [1.54, 1.807) is 65.7 Å². The third-order valence-corrected chi connectivity index (χ3v) is 8.10. The van der Waals surface area contributed by atoms with E-state index < -0.39 is 17.9 Å². The van der Waals surface area contributed by atoms with Gasteiger partial charge in [-0.05, 0) is 54.3 Å². The van der Waals surface area contributed by atoms with Crippen molar-refractivity contribution in [3.05, 3.63) is 99.3 Å². The molecule has 2 N–H and O–H groups in total. The summed E-state index contributed by atoms with van der Waals surface area (Å²) in [7, 11) is 0. The molecule has 0 radical (unpaired) electrons. The molecule has 1 fully saturated rings. The van der Waals surface area contributed by atoms with Crippen molar-refractivity contribution in [3.63, 3.8) is 0 Å². The second-order valence-corrected chi connectivity index (χ2v) is 11.0. The molecule has 0 saturated heterocycles. The number of hydrogen-bond donors (Lipinski definition) is 2. The smallest absolute Gasteiger partial charge is 0.255 e. The van der Waals surface area contributed by atoms with Crippen LogP contribution in [0.25, 0.3) is 0 Å². The first-order valence-electron chi connectivity index (χ1n) is 13.3. The highest BCUT2D eigenvalue weighted by atomic mass is 35.5. The van der Waals surface area contributed by atoms with Gasteiger partial charge in [-0.25, -0.2) is 5.48 Å². The van der Waals surface area contributed by atoms with Crippen LogP contribution in [0.4, 0.5) is 0 Å². The molecule has 1 aliphatic carbocycles. The number of nitrogens with zero attached hydrogens (tertiary/aromatic N) is 2. The van der Waals surface area contributed by atoms with Crippen LogP contribution in [0.3, 0.4) is 0 Å². The molecule has 8 nitrogen and oxygen atoms in total. The van der Waals surface area contributed by atoms with Crippen LogP contribution in [0.2, 0.25) is 10.0 Å². The summed E-state index contributed by atoms with van der Waals surface area (Å²) in [5.74, 6) is -1.66. The molecule has 2 heterocycles. The van der Waals surface area contributed by atoms with E-state index in [2.05, 4.69) is 15.8 Å². The zero-order valence-electron chi connectivity index (χ0n) is 22.0. The van der Waals surface area contributed by atoms with Gasteiger partial charge in [0.2, 0.25) is 5.91 Å². The van der Waals surface area contributed by atoms with Gasteiger partial charge in [0.05, 0.1) is 23.7 Å². The molecule has 0 spiro atoms. The van der Waals surface area contributed by atoms with E-state index in [9.17, 15) is 14.4 Å². The van der Waals surface area contributed by atoms with Crippen LogP contribution < -0.4 is 10.8 Å². The highest BCUT2D eigenvalue weighted by Crippen LogP contribution is 2.47. The number of carbonyl (C=O) groups excluding carboxylic acids is 3. The van der Waals surface area contributed by atoms with E-state index in [-0.39, 0.29) is 30.5 Å². The first kappa shape index (κ1) is 28.1. The molecule has 1 unspecified atom stereocenters. The van der Waals surface area contributed by atoms with Crippen LogP contribution in [0.15, 0.2) is 66.9 Å². The maximum atomic E-state index is 14.2. The summed E-state index contributed by atoms with van der Waals surface area (Å²) in [6.45, 7) is 1.55. The lowest BCUT2D eigenvalue weighted by molar-refractivity contribution is -0.138. The number of aromatic nitrogens is 1. The maximum Gasteiger partial charge on any atom is 0.255 e. The van der Waals surface area contributed by atoms with Crippen LogP contribution in [0.1, 0.15) is 71.7 Å². The average Bonchev–Trinajstić information content (AvgIpc) is 2.94. The standard InChI is InChI=1S/C30H30Cl2N4O4/c1-18(37)34-25-11-4-5-12-26(25)36-28(23-14-13-19(31)16-24(23)32)27(21-9-2-3-10-22(21)30(36)39)29(38)35-40-17-20-8-6-7-15-33-20/h2-3,6-10,13-16,25-28H,4-5,11-12,17H2,1H3,(H,34,37)(H,35,38)/t25?,26-,27+,28-/m0/s1. The van der Waals surface area contributed by atoms with E-state index in [0.29, 0.717) is 38.9 Å². The Morgan fingerprint density at radius 3 is 2.55 bits per heavy atom. The summed E-state index contributed by atoms with van der Waals surface area (Å²) in [6, 6.07) is 16.2. The number of carbonyl (C=O) groups is 3. The lowest BCUT2D eigenvalue weighted by Gasteiger charge is -2.49. The monoisotopic (exact) mass is 580 g/mol. The van der Waals surface area contributed by atoms with Gasteiger partial charge in [-0.2, -0.15) is 0 Å². The third kappa shape index (κ3) is 5.84. The van der Waals surface area contributed by atoms with Crippen molar-refractivity contribution in [2.75, 3.05) is 0 Å². The maximum absolute atomic E-state index is 14.2. The van der Waals surface area contributed by atoms with Crippen LogP contribution in [0, 0.1) is 0 Å². The van der Waals surface area contributed by atoms with Gasteiger partial charge in [0.25, 0.3) is 11.8 Å². The third-order valence-electron chi connectivity index (χ3n) is 7.53. The Bertz CT molecular complexity index is 1400. The van der Waals surface area contributed by atoms with Crippen molar-refractivity contribution in [1.82, 2.24) is 20.7 Å². The Morgan fingerprint density at radius 2 is 1.80 bits per heavy atom. The molecule has 4 atom stereocenters. The van der Waals surface area contributed by atoms with Gasteiger partial charge in [0, 0.05) is 34.8 Å². The van der Waals surface area contributed by atoms with Crippen LogP contribution >= 0.6 is 23.2 Å². The Balaban J connectivity index is 1.59. The van der Waals surface area contributed by atoms with E-state index in [1.165, 1.54) is 6.92 Å². The largest absolute Gasteiger partial charge is 0.352 e. The summed E-state index contributed by atoms with van der Waals surface area (Å²) < 4.78 is 0. The molecule has 0 bridgehead atoms. The molecule has 1 aromatic heterocycles. The van der Waals surface area contributed by atoms with E-state index >= 15 is 0 Å². The zero-order chi connectivity index (χ0) is 28.2. The fraction of sp³-hybridized carbons (Fsp3) is 0.333. The second kappa shape index (κ2) is 12.4. The lowest BCUT2D eigenvalue weighted by atomic mass is 9.76. The summed E-state index contributed by atoms with van der Waals surface area (Å²) in [5.41, 5.74) is 4.85. The van der Waals surface area contributed by atoms with E-state index in [4.69, 9.17) is 28.0 Å². The first-order valence-corrected chi connectivity index (χ1v) is 14.1. The van der Waals surface area contributed by atoms with Gasteiger partial charge < -0.3 is 10.2 Å². The minimum atomic E-state index is -0.851. The minimum absolute atomic E-state index is 0.0726. The molecular weight excluding hydrogens is 551 g/mol. The summed E-state index contributed by atoms with van der Waals surface area (Å²) >= 11 is 13.0. The average molecular weight is 582 g/mol. The van der Waals surface area contributed by atoms with Crippen molar-refractivity contribution in [3.8, 4) is 0 Å². The molecule has 2 aromatic carbocycles. The van der Waals surface area contributed by atoms with E-state index in [0.717, 1.165) is 19.3 Å². The zero-order valence-corrected chi connectivity index (χ0v) is 23.5. The quantitative estimate of drug-likeness (QED) is 0.366. The van der Waals surface area contributed by atoms with Gasteiger partial charge >= 0.3 is 0 Å². The lowest BCUT2D eigenvalue weighted by Crippen LogP contribution is -2.59. The predicted octanol–water partition coefficient (Wildman–Crippen LogP) is 5.36. The number of rotatable bonds is 7. The fourth-order valence-electron chi connectivity index (χ4n) is 5.87.